The van der Waals surface area contributed by atoms with Crippen LogP contribution >= 0.6 is 0 Å². The zero-order valence-electron chi connectivity index (χ0n) is 14.4. The van der Waals surface area contributed by atoms with Crippen LogP contribution in [0.15, 0.2) is 59.0 Å². The number of methoxy groups -OCH3 is 1. The summed E-state index contributed by atoms with van der Waals surface area (Å²) in [4.78, 5) is 11.9. The van der Waals surface area contributed by atoms with E-state index >= 15 is 0 Å². The van der Waals surface area contributed by atoms with E-state index < -0.39 is 0 Å². The SMILES string of the molecule is COc1ccc(Cc2nnc(NC(=O)NCCc3ccccc3)o2)cc1. The molecule has 2 aromatic carbocycles. The van der Waals surface area contributed by atoms with E-state index in [1.165, 1.54) is 0 Å². The van der Waals surface area contributed by atoms with Crippen LogP contribution in [0, 0.1) is 0 Å². The van der Waals surface area contributed by atoms with Gasteiger partial charge in [-0.05, 0) is 29.7 Å². The van der Waals surface area contributed by atoms with Gasteiger partial charge in [-0.1, -0.05) is 47.6 Å². The molecule has 0 saturated heterocycles. The van der Waals surface area contributed by atoms with Crippen LogP contribution in [0.3, 0.4) is 0 Å². The number of urea groups is 1. The molecule has 0 bridgehead atoms. The smallest absolute Gasteiger partial charge is 0.323 e. The zero-order valence-corrected chi connectivity index (χ0v) is 14.4. The normalized spacial score (nSPS) is 10.3. The maximum Gasteiger partial charge on any atom is 0.323 e. The van der Waals surface area contributed by atoms with Crippen LogP contribution in [0.4, 0.5) is 10.8 Å². The Hall–Kier alpha value is -3.35. The minimum absolute atomic E-state index is 0.0747. The van der Waals surface area contributed by atoms with Crippen molar-refractivity contribution in [2.75, 3.05) is 19.0 Å². The Labute approximate surface area is 151 Å². The van der Waals surface area contributed by atoms with Crippen molar-refractivity contribution in [1.82, 2.24) is 15.5 Å². The molecular formula is C19H20N4O3. The Morgan fingerprint density at radius 1 is 1.04 bits per heavy atom. The van der Waals surface area contributed by atoms with Crippen molar-refractivity contribution >= 4 is 12.0 Å². The summed E-state index contributed by atoms with van der Waals surface area (Å²) >= 11 is 0. The number of hydrogen-bond donors (Lipinski definition) is 2. The highest BCUT2D eigenvalue weighted by atomic mass is 16.5. The maximum absolute atomic E-state index is 11.9. The fourth-order valence-electron chi connectivity index (χ4n) is 2.40. The summed E-state index contributed by atoms with van der Waals surface area (Å²) in [7, 11) is 1.62. The number of hydrogen-bond acceptors (Lipinski definition) is 5. The van der Waals surface area contributed by atoms with Gasteiger partial charge < -0.3 is 14.5 Å². The van der Waals surface area contributed by atoms with E-state index in [0.29, 0.717) is 18.9 Å². The fourth-order valence-corrected chi connectivity index (χ4v) is 2.40. The Morgan fingerprint density at radius 3 is 2.54 bits per heavy atom. The molecule has 0 aliphatic carbocycles. The van der Waals surface area contributed by atoms with Gasteiger partial charge in [0.1, 0.15) is 5.75 Å². The molecule has 0 atom stereocenters. The minimum atomic E-state index is -0.374. The summed E-state index contributed by atoms with van der Waals surface area (Å²) in [6.45, 7) is 0.517. The highest BCUT2D eigenvalue weighted by molar-refractivity contribution is 5.86. The van der Waals surface area contributed by atoms with Gasteiger partial charge in [-0.2, -0.15) is 0 Å². The van der Waals surface area contributed by atoms with Gasteiger partial charge in [0.25, 0.3) is 0 Å². The molecule has 7 nitrogen and oxygen atoms in total. The number of amides is 2. The first-order chi connectivity index (χ1) is 12.7. The molecule has 1 aromatic heterocycles. The van der Waals surface area contributed by atoms with E-state index in [-0.39, 0.29) is 12.0 Å². The largest absolute Gasteiger partial charge is 0.497 e. The molecule has 7 heteroatoms. The lowest BCUT2D eigenvalue weighted by atomic mass is 10.1. The van der Waals surface area contributed by atoms with E-state index in [1.807, 2.05) is 54.6 Å². The second kappa shape index (κ2) is 8.66. The summed E-state index contributed by atoms with van der Waals surface area (Å²) in [6, 6.07) is 17.2. The fraction of sp³-hybridized carbons (Fsp3) is 0.211. The molecule has 0 spiro atoms. The number of ether oxygens (including phenoxy) is 1. The quantitative estimate of drug-likeness (QED) is 0.682. The average molecular weight is 352 g/mol. The van der Waals surface area contributed by atoms with E-state index in [1.54, 1.807) is 7.11 Å². The van der Waals surface area contributed by atoms with Crippen LogP contribution in [-0.2, 0) is 12.8 Å². The minimum Gasteiger partial charge on any atom is -0.497 e. The molecule has 3 aromatic rings. The molecule has 0 saturated carbocycles. The first kappa shape index (κ1) is 17.5. The molecule has 26 heavy (non-hydrogen) atoms. The molecule has 0 aliphatic heterocycles. The monoisotopic (exact) mass is 352 g/mol. The van der Waals surface area contributed by atoms with Gasteiger partial charge in [0.2, 0.25) is 5.89 Å². The van der Waals surface area contributed by atoms with Gasteiger partial charge in [0.05, 0.1) is 13.5 Å². The number of carbonyl (C=O) groups is 1. The van der Waals surface area contributed by atoms with Crippen molar-refractivity contribution in [1.29, 1.82) is 0 Å². The second-order valence-corrected chi connectivity index (χ2v) is 5.64. The van der Waals surface area contributed by atoms with Crippen molar-refractivity contribution < 1.29 is 13.9 Å². The Bertz CT molecular complexity index is 832. The lowest BCUT2D eigenvalue weighted by molar-refractivity contribution is 0.251. The van der Waals surface area contributed by atoms with Gasteiger partial charge in [0, 0.05) is 6.54 Å². The van der Waals surface area contributed by atoms with Gasteiger partial charge in [-0.15, -0.1) is 5.10 Å². The molecule has 0 fully saturated rings. The molecule has 0 unspecified atom stereocenters. The Morgan fingerprint density at radius 2 is 1.81 bits per heavy atom. The molecule has 1 heterocycles. The summed E-state index contributed by atoms with van der Waals surface area (Å²) in [6.07, 6.45) is 1.23. The van der Waals surface area contributed by atoms with E-state index in [0.717, 1.165) is 23.3 Å². The molecular weight excluding hydrogens is 332 g/mol. The number of rotatable bonds is 7. The van der Waals surface area contributed by atoms with Crippen LogP contribution in [0.5, 0.6) is 5.75 Å². The molecule has 2 amide bonds. The molecule has 134 valence electrons. The number of carbonyl (C=O) groups excluding carboxylic acids is 1. The van der Waals surface area contributed by atoms with Crippen LogP contribution in [0.1, 0.15) is 17.0 Å². The third-order valence-corrected chi connectivity index (χ3v) is 3.74. The summed E-state index contributed by atoms with van der Waals surface area (Å²) in [5.74, 6) is 1.21. The van der Waals surface area contributed by atoms with Crippen LogP contribution in [0.2, 0.25) is 0 Å². The molecule has 2 N–H and O–H groups in total. The highest BCUT2D eigenvalue weighted by Gasteiger charge is 2.10. The number of aromatic nitrogens is 2. The summed E-state index contributed by atoms with van der Waals surface area (Å²) in [5, 5.41) is 13.1. The van der Waals surface area contributed by atoms with Gasteiger partial charge >= 0.3 is 12.0 Å². The van der Waals surface area contributed by atoms with Crippen molar-refractivity contribution in [2.24, 2.45) is 0 Å². The van der Waals surface area contributed by atoms with Crippen molar-refractivity contribution in [3.63, 3.8) is 0 Å². The van der Waals surface area contributed by atoms with E-state index in [2.05, 4.69) is 20.8 Å². The van der Waals surface area contributed by atoms with E-state index in [4.69, 9.17) is 9.15 Å². The summed E-state index contributed by atoms with van der Waals surface area (Å²) < 4.78 is 10.6. The number of nitrogens with one attached hydrogen (secondary N) is 2. The molecule has 3 rings (SSSR count). The average Bonchev–Trinajstić information content (AvgIpc) is 3.10. The number of anilines is 1. The maximum atomic E-state index is 11.9. The first-order valence-electron chi connectivity index (χ1n) is 8.27. The van der Waals surface area contributed by atoms with Crippen LogP contribution in [-0.4, -0.2) is 29.9 Å². The first-order valence-corrected chi connectivity index (χ1v) is 8.27. The van der Waals surface area contributed by atoms with Crippen LogP contribution < -0.4 is 15.4 Å². The highest BCUT2D eigenvalue weighted by Crippen LogP contribution is 2.15. The van der Waals surface area contributed by atoms with Gasteiger partial charge in [-0.3, -0.25) is 5.32 Å². The number of benzene rings is 2. The Balaban J connectivity index is 1.45. The standard InChI is InChI=1S/C19H20N4O3/c1-25-16-9-7-15(8-10-16)13-17-22-23-19(26-17)21-18(24)20-12-11-14-5-3-2-4-6-14/h2-10H,11-13H2,1H3,(H2,20,21,23,24). The molecule has 0 aliphatic rings. The zero-order chi connectivity index (χ0) is 18.2. The van der Waals surface area contributed by atoms with E-state index in [9.17, 15) is 4.79 Å². The van der Waals surface area contributed by atoms with Gasteiger partial charge in [0.15, 0.2) is 0 Å². The lowest BCUT2D eigenvalue weighted by Gasteiger charge is -2.04. The topological polar surface area (TPSA) is 89.3 Å². The third kappa shape index (κ3) is 5.07. The third-order valence-electron chi connectivity index (χ3n) is 3.74. The Kier molecular flexibility index (Phi) is 5.82. The second-order valence-electron chi connectivity index (χ2n) is 5.64. The van der Waals surface area contributed by atoms with Crippen molar-refractivity contribution in [3.8, 4) is 5.75 Å². The number of nitrogens with zero attached hydrogens (tertiary/aromatic N) is 2. The lowest BCUT2D eigenvalue weighted by Crippen LogP contribution is -2.30. The predicted octanol–water partition coefficient (Wildman–Crippen LogP) is 3.03. The predicted molar refractivity (Wildman–Crippen MR) is 97.3 cm³/mol. The summed E-state index contributed by atoms with van der Waals surface area (Å²) in [5.41, 5.74) is 2.17. The van der Waals surface area contributed by atoms with Crippen molar-refractivity contribution in [3.05, 3.63) is 71.6 Å². The van der Waals surface area contributed by atoms with Crippen molar-refractivity contribution in [2.45, 2.75) is 12.8 Å². The van der Waals surface area contributed by atoms with Crippen LogP contribution in [0.25, 0.3) is 0 Å². The van der Waals surface area contributed by atoms with Gasteiger partial charge in [-0.25, -0.2) is 4.79 Å². The molecule has 0 radical (unpaired) electrons.